The van der Waals surface area contributed by atoms with Crippen molar-refractivity contribution >= 4 is 16.1 Å². The van der Waals surface area contributed by atoms with Crippen molar-refractivity contribution in [1.29, 1.82) is 0 Å². The van der Waals surface area contributed by atoms with Crippen LogP contribution in [-0.2, 0) is 24.4 Å². The zero-order valence-electron chi connectivity index (χ0n) is 15.7. The van der Waals surface area contributed by atoms with Crippen LogP contribution in [0.1, 0.15) is 41.0 Å². The first-order chi connectivity index (χ1) is 11.9. The third-order valence-corrected chi connectivity index (χ3v) is 6.42. The number of esters is 1. The monoisotopic (exact) mass is 416 g/mol. The minimum absolute atomic E-state index is 0.0783. The second kappa shape index (κ2) is 6.58. The zero-order valence-corrected chi connectivity index (χ0v) is 16.5. The van der Waals surface area contributed by atoms with E-state index in [4.69, 9.17) is 9.29 Å². The van der Waals surface area contributed by atoms with E-state index in [0.29, 0.717) is 6.92 Å². The van der Waals surface area contributed by atoms with Crippen LogP contribution in [0.3, 0.4) is 0 Å². The second-order valence-corrected chi connectivity index (χ2v) is 9.95. The van der Waals surface area contributed by atoms with Crippen molar-refractivity contribution in [2.45, 2.75) is 75.8 Å². The summed E-state index contributed by atoms with van der Waals surface area (Å²) in [7, 11) is -5.76. The molecule has 2 heterocycles. The van der Waals surface area contributed by atoms with Crippen LogP contribution < -0.4 is 0 Å². The number of hydrogen-bond donors (Lipinski definition) is 3. The van der Waals surface area contributed by atoms with E-state index in [1.807, 2.05) is 0 Å². The van der Waals surface area contributed by atoms with Crippen molar-refractivity contribution < 1.29 is 46.2 Å². The quantitative estimate of drug-likeness (QED) is 0.431. The number of hydrogen-bond acceptors (Lipinski definition) is 7. The molecule has 27 heavy (non-hydrogen) atoms. The van der Waals surface area contributed by atoms with Crippen LogP contribution in [0.4, 0.5) is 8.78 Å². The van der Waals surface area contributed by atoms with Gasteiger partial charge in [-0.05, 0) is 41.0 Å². The average Bonchev–Trinajstić information content (AvgIpc) is 3.02. The molecular formula is C16H26F2O8S. The van der Waals surface area contributed by atoms with Crippen molar-refractivity contribution in [2.24, 2.45) is 17.8 Å². The van der Waals surface area contributed by atoms with Crippen LogP contribution in [0.15, 0.2) is 0 Å². The van der Waals surface area contributed by atoms with E-state index in [0.717, 1.165) is 0 Å². The maximum absolute atomic E-state index is 13.6. The summed E-state index contributed by atoms with van der Waals surface area (Å²) in [6.07, 6.45) is -3.81. The number of carbonyl (C=O) groups excluding carboxylic acids is 1. The summed E-state index contributed by atoms with van der Waals surface area (Å²) in [5, 5.41) is 16.3. The van der Waals surface area contributed by atoms with E-state index < -0.39 is 68.6 Å². The number of ether oxygens (including phenoxy) is 2. The molecule has 3 N–H and O–H groups in total. The predicted octanol–water partition coefficient (Wildman–Crippen LogP) is 0.960. The number of fused-ring (bicyclic) bond motifs is 2. The van der Waals surface area contributed by atoms with Gasteiger partial charge in [0.25, 0.3) is 0 Å². The minimum atomic E-state index is -5.76. The fourth-order valence-electron chi connectivity index (χ4n) is 4.24. The Labute approximate surface area is 156 Å². The van der Waals surface area contributed by atoms with E-state index in [1.54, 1.807) is 13.8 Å². The molecular weight excluding hydrogens is 390 g/mol. The molecule has 2 aliphatic heterocycles. The molecule has 0 saturated carbocycles. The molecule has 2 aliphatic rings. The highest BCUT2D eigenvalue weighted by Gasteiger charge is 2.64. The third-order valence-electron chi connectivity index (χ3n) is 5.40. The highest BCUT2D eigenvalue weighted by Crippen LogP contribution is 2.54. The average molecular weight is 416 g/mol. The van der Waals surface area contributed by atoms with Gasteiger partial charge in [0.15, 0.2) is 6.10 Å². The Morgan fingerprint density at radius 2 is 1.63 bits per heavy atom. The molecule has 0 spiro atoms. The van der Waals surface area contributed by atoms with Gasteiger partial charge in [0.05, 0.1) is 29.3 Å². The Morgan fingerprint density at radius 1 is 1.15 bits per heavy atom. The van der Waals surface area contributed by atoms with Gasteiger partial charge < -0.3 is 19.7 Å². The minimum Gasteiger partial charge on any atom is -0.455 e. The Bertz CT molecular complexity index is 694. The van der Waals surface area contributed by atoms with Crippen molar-refractivity contribution in [2.75, 3.05) is 0 Å². The molecule has 6 unspecified atom stereocenters. The van der Waals surface area contributed by atoms with Crippen LogP contribution in [0.25, 0.3) is 0 Å². The zero-order chi connectivity index (χ0) is 21.2. The Kier molecular flexibility index (Phi) is 5.46. The summed E-state index contributed by atoms with van der Waals surface area (Å²) in [6.45, 7) is 6.77. The Balaban J connectivity index is 2.22. The van der Waals surface area contributed by atoms with Crippen LogP contribution in [0, 0.1) is 17.8 Å². The summed E-state index contributed by atoms with van der Waals surface area (Å²) < 4.78 is 67.8. The number of halogens is 2. The maximum atomic E-state index is 13.6. The molecule has 0 radical (unpaired) electrons. The van der Waals surface area contributed by atoms with Crippen LogP contribution >= 0.6 is 0 Å². The first-order valence-corrected chi connectivity index (χ1v) is 9.98. The van der Waals surface area contributed by atoms with Crippen molar-refractivity contribution in [3.63, 3.8) is 0 Å². The largest absolute Gasteiger partial charge is 0.455 e. The van der Waals surface area contributed by atoms with Gasteiger partial charge in [-0.1, -0.05) is 0 Å². The summed E-state index contributed by atoms with van der Waals surface area (Å²) >= 11 is 0. The molecule has 11 heteroatoms. The molecule has 6 atom stereocenters. The van der Waals surface area contributed by atoms with Gasteiger partial charge in [0.1, 0.15) is 0 Å². The van der Waals surface area contributed by atoms with Crippen LogP contribution in [0.2, 0.25) is 0 Å². The summed E-state index contributed by atoms with van der Waals surface area (Å²) in [4.78, 5) is 12.4. The van der Waals surface area contributed by atoms with Gasteiger partial charge in [-0.25, -0.2) is 0 Å². The molecule has 0 aromatic carbocycles. The molecule has 158 valence electrons. The van der Waals surface area contributed by atoms with Gasteiger partial charge in [-0.15, -0.1) is 0 Å². The van der Waals surface area contributed by atoms with Crippen LogP contribution in [-0.4, -0.2) is 63.9 Å². The standard InChI is InChI=1S/C16H26F2O8S/c1-7(16(17,18)27(22,23)24)25-13(19)8-6-9-10(14(2,3)20)11(12(8)26-9)15(4,5)21/h7-12,20-21H,6H2,1-5H3,(H,22,23,24). The van der Waals surface area contributed by atoms with Gasteiger partial charge in [-0.3, -0.25) is 9.35 Å². The van der Waals surface area contributed by atoms with E-state index in [-0.39, 0.29) is 6.42 Å². The lowest BCUT2D eigenvalue weighted by molar-refractivity contribution is -0.170. The Hall–Kier alpha value is -0.880. The number of rotatable bonds is 6. The first kappa shape index (κ1) is 22.4. The predicted molar refractivity (Wildman–Crippen MR) is 88.4 cm³/mol. The van der Waals surface area contributed by atoms with Gasteiger partial charge in [0.2, 0.25) is 0 Å². The first-order valence-electron chi connectivity index (χ1n) is 8.54. The lowest BCUT2D eigenvalue weighted by Crippen LogP contribution is -2.54. The van der Waals surface area contributed by atoms with Gasteiger partial charge in [-0.2, -0.15) is 17.2 Å². The van der Waals surface area contributed by atoms with Crippen LogP contribution in [0.5, 0.6) is 0 Å². The van der Waals surface area contributed by atoms with Crippen molar-refractivity contribution in [3.05, 3.63) is 0 Å². The van der Waals surface area contributed by atoms with E-state index >= 15 is 0 Å². The Morgan fingerprint density at radius 3 is 2.04 bits per heavy atom. The summed E-state index contributed by atoms with van der Waals surface area (Å²) in [5.74, 6) is -3.29. The molecule has 2 fully saturated rings. The third kappa shape index (κ3) is 3.98. The molecule has 8 nitrogen and oxygen atoms in total. The maximum Gasteiger partial charge on any atom is 0.405 e. The molecule has 2 rings (SSSR count). The SMILES string of the molecule is CC(OC(=O)C1CC2OC1C(C(C)(C)O)C2C(C)(C)O)C(F)(F)S(=O)(=O)O. The smallest absolute Gasteiger partial charge is 0.405 e. The normalized spacial score (nSPS) is 33.2. The highest BCUT2D eigenvalue weighted by molar-refractivity contribution is 7.86. The molecule has 2 saturated heterocycles. The summed E-state index contributed by atoms with van der Waals surface area (Å²) in [6, 6.07) is 0. The van der Waals surface area contributed by atoms with E-state index in [2.05, 4.69) is 4.74 Å². The van der Waals surface area contributed by atoms with Gasteiger partial charge >= 0.3 is 21.3 Å². The molecule has 0 aliphatic carbocycles. The topological polar surface area (TPSA) is 130 Å². The lowest BCUT2D eigenvalue weighted by atomic mass is 9.63. The van der Waals surface area contributed by atoms with E-state index in [1.165, 1.54) is 13.8 Å². The van der Waals surface area contributed by atoms with Crippen molar-refractivity contribution in [1.82, 2.24) is 0 Å². The fraction of sp³-hybridized carbons (Fsp3) is 0.938. The molecule has 2 bridgehead atoms. The number of alkyl halides is 2. The molecule has 0 aromatic heterocycles. The fourth-order valence-corrected chi connectivity index (χ4v) is 4.71. The van der Waals surface area contributed by atoms with Gasteiger partial charge in [0, 0.05) is 11.8 Å². The number of aliphatic hydroxyl groups is 2. The summed E-state index contributed by atoms with van der Waals surface area (Å²) in [5.41, 5.74) is -2.56. The number of carbonyl (C=O) groups is 1. The highest BCUT2D eigenvalue weighted by atomic mass is 32.2. The van der Waals surface area contributed by atoms with E-state index in [9.17, 15) is 32.2 Å². The van der Waals surface area contributed by atoms with Crippen molar-refractivity contribution in [3.8, 4) is 0 Å². The molecule has 0 aromatic rings. The lowest BCUT2D eigenvalue weighted by Gasteiger charge is -2.43. The molecule has 0 amide bonds. The second-order valence-electron chi connectivity index (χ2n) is 8.46.